The standard InChI is InChI=1S/C18H13N3O2S/c22-18(23)16-8-14-15(9-19-10-17(14)24-16)13-4-1-3-12(7-13)11-21-6-2-5-20-21/h1-10H,11H2,(H,22,23). The molecule has 0 radical (unpaired) electrons. The number of rotatable bonds is 4. The minimum Gasteiger partial charge on any atom is -0.477 e. The molecule has 0 saturated carbocycles. The highest BCUT2D eigenvalue weighted by Gasteiger charge is 2.13. The predicted molar refractivity (Wildman–Crippen MR) is 93.3 cm³/mol. The van der Waals surface area contributed by atoms with Gasteiger partial charge in [0.05, 0.1) is 11.2 Å². The van der Waals surface area contributed by atoms with Gasteiger partial charge in [0.1, 0.15) is 4.88 Å². The molecule has 1 N–H and O–H groups in total. The van der Waals surface area contributed by atoms with Crippen LogP contribution in [0.3, 0.4) is 0 Å². The molecule has 0 aliphatic rings. The van der Waals surface area contributed by atoms with Crippen molar-refractivity contribution in [3.8, 4) is 11.1 Å². The maximum atomic E-state index is 11.2. The van der Waals surface area contributed by atoms with E-state index in [1.165, 1.54) is 11.3 Å². The molecule has 4 aromatic rings. The Bertz CT molecular complexity index is 1020. The highest BCUT2D eigenvalue weighted by atomic mass is 32.1. The number of nitrogens with zero attached hydrogens (tertiary/aromatic N) is 3. The summed E-state index contributed by atoms with van der Waals surface area (Å²) in [4.78, 5) is 15.8. The molecule has 5 nitrogen and oxygen atoms in total. The summed E-state index contributed by atoms with van der Waals surface area (Å²) < 4.78 is 2.74. The first-order valence-electron chi connectivity index (χ1n) is 7.38. The molecule has 6 heteroatoms. The van der Waals surface area contributed by atoms with Gasteiger partial charge in [0.25, 0.3) is 0 Å². The van der Waals surface area contributed by atoms with Crippen LogP contribution in [0, 0.1) is 0 Å². The van der Waals surface area contributed by atoms with Crippen molar-refractivity contribution in [2.75, 3.05) is 0 Å². The summed E-state index contributed by atoms with van der Waals surface area (Å²) >= 11 is 1.25. The van der Waals surface area contributed by atoms with Gasteiger partial charge in [0.15, 0.2) is 0 Å². The smallest absolute Gasteiger partial charge is 0.345 e. The molecule has 0 spiro atoms. The molecule has 3 aromatic heterocycles. The zero-order valence-corrected chi connectivity index (χ0v) is 13.4. The first-order chi connectivity index (χ1) is 11.7. The van der Waals surface area contributed by atoms with Gasteiger partial charge >= 0.3 is 5.97 Å². The summed E-state index contributed by atoms with van der Waals surface area (Å²) in [6, 6.07) is 11.8. The first kappa shape index (κ1) is 14.6. The molecule has 0 bridgehead atoms. The van der Waals surface area contributed by atoms with Crippen molar-refractivity contribution in [2.45, 2.75) is 6.54 Å². The van der Waals surface area contributed by atoms with Gasteiger partial charge in [-0.1, -0.05) is 18.2 Å². The monoisotopic (exact) mass is 335 g/mol. The Morgan fingerprint density at radius 1 is 1.21 bits per heavy atom. The van der Waals surface area contributed by atoms with E-state index in [1.54, 1.807) is 24.7 Å². The molecule has 0 aliphatic heterocycles. The first-order valence-corrected chi connectivity index (χ1v) is 8.20. The zero-order valence-electron chi connectivity index (χ0n) is 12.6. The third-order valence-electron chi connectivity index (χ3n) is 3.80. The molecule has 1 aromatic carbocycles. The minimum atomic E-state index is -0.908. The molecule has 0 atom stereocenters. The fourth-order valence-corrected chi connectivity index (χ4v) is 3.61. The van der Waals surface area contributed by atoms with E-state index in [0.717, 1.165) is 26.8 Å². The SMILES string of the molecule is O=C(O)c1cc2c(-c3cccc(Cn4cccn4)c3)cncc2s1. The number of aromatic carboxylic acids is 1. The van der Waals surface area contributed by atoms with E-state index < -0.39 is 5.97 Å². The number of carbonyl (C=O) groups is 1. The lowest BCUT2D eigenvalue weighted by Crippen LogP contribution is -1.99. The van der Waals surface area contributed by atoms with E-state index in [4.69, 9.17) is 0 Å². The van der Waals surface area contributed by atoms with E-state index in [-0.39, 0.29) is 0 Å². The summed E-state index contributed by atoms with van der Waals surface area (Å²) in [6.07, 6.45) is 7.18. The molecular formula is C18H13N3O2S. The van der Waals surface area contributed by atoms with Crippen molar-refractivity contribution < 1.29 is 9.90 Å². The molecular weight excluding hydrogens is 322 g/mol. The second-order valence-electron chi connectivity index (χ2n) is 5.42. The molecule has 0 fully saturated rings. The third kappa shape index (κ3) is 2.68. The highest BCUT2D eigenvalue weighted by Crippen LogP contribution is 2.33. The van der Waals surface area contributed by atoms with Gasteiger partial charge in [0, 0.05) is 35.7 Å². The van der Waals surface area contributed by atoms with Crippen LogP contribution in [0.25, 0.3) is 21.2 Å². The van der Waals surface area contributed by atoms with Crippen LogP contribution >= 0.6 is 11.3 Å². The van der Waals surface area contributed by atoms with Crippen LogP contribution in [0.15, 0.2) is 61.2 Å². The van der Waals surface area contributed by atoms with E-state index >= 15 is 0 Å². The Balaban J connectivity index is 1.78. The molecule has 0 amide bonds. The van der Waals surface area contributed by atoms with Gasteiger partial charge in [0.2, 0.25) is 0 Å². The maximum Gasteiger partial charge on any atom is 0.345 e. The number of hydrogen-bond acceptors (Lipinski definition) is 4. The molecule has 4 rings (SSSR count). The number of thiophene rings is 1. The van der Waals surface area contributed by atoms with Gasteiger partial charge in [-0.25, -0.2) is 4.79 Å². The summed E-state index contributed by atoms with van der Waals surface area (Å²) in [5, 5.41) is 14.4. The van der Waals surface area contributed by atoms with Gasteiger partial charge in [-0.15, -0.1) is 11.3 Å². The van der Waals surface area contributed by atoms with E-state index in [0.29, 0.717) is 11.4 Å². The van der Waals surface area contributed by atoms with Crippen molar-refractivity contribution in [3.05, 3.63) is 71.6 Å². The molecule has 118 valence electrons. The molecule has 3 heterocycles. The van der Waals surface area contributed by atoms with Crippen LogP contribution in [0.5, 0.6) is 0 Å². The van der Waals surface area contributed by atoms with Crippen molar-refractivity contribution in [1.82, 2.24) is 14.8 Å². The Labute approximate surface area is 141 Å². The number of fused-ring (bicyclic) bond motifs is 1. The molecule has 0 saturated heterocycles. The molecule has 0 unspecified atom stereocenters. The van der Waals surface area contributed by atoms with Crippen LogP contribution in [0.1, 0.15) is 15.2 Å². The Morgan fingerprint density at radius 3 is 2.92 bits per heavy atom. The Morgan fingerprint density at radius 2 is 2.12 bits per heavy atom. The van der Waals surface area contributed by atoms with Gasteiger partial charge in [-0.3, -0.25) is 9.67 Å². The fourth-order valence-electron chi connectivity index (χ4n) is 2.71. The second-order valence-corrected chi connectivity index (χ2v) is 6.50. The van der Waals surface area contributed by atoms with Crippen LogP contribution in [0.4, 0.5) is 0 Å². The van der Waals surface area contributed by atoms with Crippen LogP contribution in [-0.2, 0) is 6.54 Å². The van der Waals surface area contributed by atoms with Crippen molar-refractivity contribution in [2.24, 2.45) is 0 Å². The van der Waals surface area contributed by atoms with Crippen LogP contribution < -0.4 is 0 Å². The average molecular weight is 335 g/mol. The Hall–Kier alpha value is -2.99. The normalized spacial score (nSPS) is 11.0. The van der Waals surface area contributed by atoms with Gasteiger partial charge in [-0.05, 0) is 29.3 Å². The lowest BCUT2D eigenvalue weighted by molar-refractivity contribution is 0.0702. The summed E-state index contributed by atoms with van der Waals surface area (Å²) in [6.45, 7) is 0.689. The number of carboxylic acids is 1. The van der Waals surface area contributed by atoms with Crippen molar-refractivity contribution in [1.29, 1.82) is 0 Å². The fraction of sp³-hybridized carbons (Fsp3) is 0.0556. The predicted octanol–water partition coefficient (Wildman–Crippen LogP) is 3.91. The Kier molecular flexibility index (Phi) is 3.59. The largest absolute Gasteiger partial charge is 0.477 e. The maximum absolute atomic E-state index is 11.2. The van der Waals surface area contributed by atoms with E-state index in [2.05, 4.69) is 22.2 Å². The number of aromatic nitrogens is 3. The van der Waals surface area contributed by atoms with Crippen LogP contribution in [0.2, 0.25) is 0 Å². The van der Waals surface area contributed by atoms with Crippen LogP contribution in [-0.4, -0.2) is 25.8 Å². The molecule has 0 aliphatic carbocycles. The number of hydrogen-bond donors (Lipinski definition) is 1. The number of benzene rings is 1. The van der Waals surface area contributed by atoms with E-state index in [9.17, 15) is 9.90 Å². The van der Waals surface area contributed by atoms with Crippen molar-refractivity contribution >= 4 is 27.4 Å². The zero-order chi connectivity index (χ0) is 16.5. The third-order valence-corrected chi connectivity index (χ3v) is 4.86. The average Bonchev–Trinajstić information content (AvgIpc) is 3.23. The summed E-state index contributed by atoms with van der Waals surface area (Å²) in [7, 11) is 0. The van der Waals surface area contributed by atoms with E-state index in [1.807, 2.05) is 29.1 Å². The second kappa shape index (κ2) is 5.90. The number of carboxylic acid groups (broad SMARTS) is 1. The van der Waals surface area contributed by atoms with Gasteiger partial charge < -0.3 is 5.11 Å². The lowest BCUT2D eigenvalue weighted by Gasteiger charge is -2.07. The summed E-state index contributed by atoms with van der Waals surface area (Å²) in [5.41, 5.74) is 3.09. The molecule has 24 heavy (non-hydrogen) atoms. The topological polar surface area (TPSA) is 68.0 Å². The quantitative estimate of drug-likeness (QED) is 0.614. The van der Waals surface area contributed by atoms with Gasteiger partial charge in [-0.2, -0.15) is 5.10 Å². The number of pyridine rings is 1. The van der Waals surface area contributed by atoms with Crippen molar-refractivity contribution in [3.63, 3.8) is 0 Å². The summed E-state index contributed by atoms with van der Waals surface area (Å²) in [5.74, 6) is -0.908. The highest BCUT2D eigenvalue weighted by molar-refractivity contribution is 7.20. The minimum absolute atomic E-state index is 0.326. The lowest BCUT2D eigenvalue weighted by atomic mass is 10.0.